The molecule has 0 unspecified atom stereocenters. The van der Waals surface area contributed by atoms with Crippen LogP contribution in [-0.2, 0) is 10.8 Å². The van der Waals surface area contributed by atoms with E-state index in [0.717, 1.165) is 39.9 Å². The maximum absolute atomic E-state index is 14.4. The van der Waals surface area contributed by atoms with Gasteiger partial charge in [-0.1, -0.05) is 148 Å². The van der Waals surface area contributed by atoms with Crippen LogP contribution in [0.2, 0.25) is 0 Å². The summed E-state index contributed by atoms with van der Waals surface area (Å²) in [4.78, 5) is 19.7. The van der Waals surface area contributed by atoms with Crippen molar-refractivity contribution >= 4 is 28.1 Å². The van der Waals surface area contributed by atoms with Crippen molar-refractivity contribution in [3.8, 4) is 33.9 Å². The third kappa shape index (κ3) is 7.39. The number of anilines is 2. The smallest absolute Gasteiger partial charge is 0.196 e. The molecule has 0 saturated carbocycles. The molecule has 0 bridgehead atoms. The van der Waals surface area contributed by atoms with Crippen LogP contribution in [0.25, 0.3) is 33.3 Å². The van der Waals surface area contributed by atoms with Crippen molar-refractivity contribution in [3.05, 3.63) is 138 Å². The Morgan fingerprint density at radius 3 is 1.87 bits per heavy atom. The fourth-order valence-corrected chi connectivity index (χ4v) is 7.55. The van der Waals surface area contributed by atoms with E-state index in [1.54, 1.807) is 0 Å². The van der Waals surface area contributed by atoms with E-state index >= 15 is 0 Å². The number of rotatable bonds is 7. The van der Waals surface area contributed by atoms with Gasteiger partial charge in [0.1, 0.15) is 11.3 Å². The minimum atomic E-state index is -0.0300. The zero-order valence-corrected chi connectivity index (χ0v) is 32.4. The zero-order chi connectivity index (χ0) is 37.4. The summed E-state index contributed by atoms with van der Waals surface area (Å²) >= 11 is 0. The highest BCUT2D eigenvalue weighted by Crippen LogP contribution is 2.48. The van der Waals surface area contributed by atoms with Crippen LogP contribution in [0.3, 0.4) is 0 Å². The summed E-state index contributed by atoms with van der Waals surface area (Å²) in [6, 6.07) is 39.0. The maximum Gasteiger partial charge on any atom is 0.196 e. The largest absolute Gasteiger partial charge is 0.455 e. The van der Waals surface area contributed by atoms with Gasteiger partial charge >= 0.3 is 0 Å². The Morgan fingerprint density at radius 2 is 1.25 bits per heavy atom. The molecule has 5 aromatic carbocycles. The van der Waals surface area contributed by atoms with Crippen LogP contribution in [0.4, 0.5) is 11.4 Å². The van der Waals surface area contributed by atoms with E-state index in [4.69, 9.17) is 9.72 Å². The summed E-state index contributed by atoms with van der Waals surface area (Å²) in [5.41, 5.74) is 10.0. The standard InChI is InChI=1S/C46H46N2O2.C2H6/c1-44(2,3)28-46(7,8)31-22-24-33(25-23-31)50-39-27-38(47-32-14-10-9-11-15-32)41-40-36(34-16-12-13-17-35(34)43(41)49)26-37(48-42(39)40)29-18-20-30(21-19-29)45(4,5)6;1-2/h9-27,47H,28H2,1-8H3;1-2H3. The Morgan fingerprint density at radius 1 is 0.654 bits per heavy atom. The van der Waals surface area contributed by atoms with Crippen molar-refractivity contribution in [1.29, 1.82) is 0 Å². The molecule has 0 spiro atoms. The molecule has 4 heteroatoms. The lowest BCUT2D eigenvalue weighted by molar-refractivity contribution is 0.104. The number of para-hydroxylation sites is 1. The molecule has 1 aromatic heterocycles. The first-order valence-electron chi connectivity index (χ1n) is 18.6. The molecule has 266 valence electrons. The van der Waals surface area contributed by atoms with Gasteiger partial charge in [0.2, 0.25) is 0 Å². The van der Waals surface area contributed by atoms with Crippen LogP contribution in [-0.4, -0.2) is 10.8 Å². The molecule has 0 atom stereocenters. The van der Waals surface area contributed by atoms with E-state index < -0.39 is 0 Å². The minimum absolute atomic E-state index is 0.0105. The number of hydrogen-bond donors (Lipinski definition) is 1. The average molecular weight is 689 g/mol. The van der Waals surface area contributed by atoms with E-state index in [-0.39, 0.29) is 22.0 Å². The molecular formula is C48H52N2O2. The van der Waals surface area contributed by atoms with Crippen LogP contribution in [0.15, 0.2) is 115 Å². The predicted molar refractivity (Wildman–Crippen MR) is 219 cm³/mol. The van der Waals surface area contributed by atoms with E-state index in [9.17, 15) is 4.79 Å². The summed E-state index contributed by atoms with van der Waals surface area (Å²) in [5.74, 6) is 1.27. The molecule has 1 aliphatic rings. The lowest BCUT2D eigenvalue weighted by Crippen LogP contribution is -2.24. The third-order valence-electron chi connectivity index (χ3n) is 9.67. The van der Waals surface area contributed by atoms with Crippen molar-refractivity contribution < 1.29 is 9.53 Å². The second-order valence-corrected chi connectivity index (χ2v) is 16.5. The Labute approximate surface area is 310 Å². The number of benzene rings is 5. The molecule has 1 N–H and O–H groups in total. The molecule has 0 fully saturated rings. The summed E-state index contributed by atoms with van der Waals surface area (Å²) in [6.07, 6.45) is 1.06. The summed E-state index contributed by atoms with van der Waals surface area (Å²) < 4.78 is 6.78. The first-order valence-corrected chi connectivity index (χ1v) is 18.6. The van der Waals surface area contributed by atoms with Crippen molar-refractivity contribution in [2.24, 2.45) is 5.41 Å². The monoisotopic (exact) mass is 688 g/mol. The van der Waals surface area contributed by atoms with Crippen LogP contribution in [0, 0.1) is 5.41 Å². The highest BCUT2D eigenvalue weighted by molar-refractivity contribution is 6.29. The Kier molecular flexibility index (Phi) is 9.89. The van der Waals surface area contributed by atoms with E-state index in [1.165, 1.54) is 11.1 Å². The van der Waals surface area contributed by atoms with Gasteiger partial charge in [-0.3, -0.25) is 4.79 Å². The van der Waals surface area contributed by atoms with Crippen LogP contribution < -0.4 is 10.1 Å². The molecule has 1 aliphatic carbocycles. The zero-order valence-electron chi connectivity index (χ0n) is 32.4. The Bertz CT molecular complexity index is 2220. The average Bonchev–Trinajstić information content (AvgIpc) is 3.11. The van der Waals surface area contributed by atoms with Crippen molar-refractivity contribution in [1.82, 2.24) is 4.98 Å². The summed E-state index contributed by atoms with van der Waals surface area (Å²) in [7, 11) is 0. The maximum atomic E-state index is 14.4. The van der Waals surface area contributed by atoms with Gasteiger partial charge < -0.3 is 10.1 Å². The lowest BCUT2D eigenvalue weighted by atomic mass is 9.72. The van der Waals surface area contributed by atoms with E-state index in [0.29, 0.717) is 33.8 Å². The highest BCUT2D eigenvalue weighted by atomic mass is 16.5. The molecule has 0 saturated heterocycles. The molecule has 6 aromatic rings. The van der Waals surface area contributed by atoms with Gasteiger partial charge in [-0.25, -0.2) is 4.98 Å². The molecule has 0 aliphatic heterocycles. The van der Waals surface area contributed by atoms with Gasteiger partial charge in [0.25, 0.3) is 0 Å². The number of ether oxygens (including phenoxy) is 1. The molecule has 0 amide bonds. The Balaban J connectivity index is 0.00000228. The second kappa shape index (κ2) is 14.1. The van der Waals surface area contributed by atoms with Crippen molar-refractivity contribution in [3.63, 3.8) is 0 Å². The van der Waals surface area contributed by atoms with Crippen LogP contribution >= 0.6 is 0 Å². The first kappa shape index (κ1) is 36.6. The lowest BCUT2D eigenvalue weighted by Gasteiger charge is -2.33. The number of carbonyl (C=O) groups excluding carboxylic acids is 1. The topological polar surface area (TPSA) is 51.2 Å². The normalized spacial score (nSPS) is 12.5. The predicted octanol–water partition coefficient (Wildman–Crippen LogP) is 13.7. The molecule has 4 nitrogen and oxygen atoms in total. The number of carbonyl (C=O) groups is 1. The van der Waals surface area contributed by atoms with Gasteiger partial charge in [0.05, 0.1) is 16.9 Å². The molecule has 52 heavy (non-hydrogen) atoms. The third-order valence-corrected chi connectivity index (χ3v) is 9.67. The molecule has 1 heterocycles. The number of fused-ring (bicyclic) bond motifs is 2. The number of ketones is 1. The number of hydrogen-bond acceptors (Lipinski definition) is 4. The number of pyridine rings is 1. The number of aromatic nitrogens is 1. The second-order valence-electron chi connectivity index (χ2n) is 16.5. The van der Waals surface area contributed by atoms with Crippen LogP contribution in [0.5, 0.6) is 11.5 Å². The van der Waals surface area contributed by atoms with Gasteiger partial charge in [-0.15, -0.1) is 0 Å². The SMILES string of the molecule is CC.CC(C)(C)CC(C)(C)c1ccc(Oc2cc(Nc3ccccc3)c3c4c(cc(-c5ccc(C(C)(C)C)cc5)nc24)-c2ccccc2C3=O)cc1. The quantitative estimate of drug-likeness (QED) is 0.181. The van der Waals surface area contributed by atoms with E-state index in [1.807, 2.05) is 86.6 Å². The highest BCUT2D eigenvalue weighted by Gasteiger charge is 2.32. The summed E-state index contributed by atoms with van der Waals surface area (Å²) in [5, 5.41) is 4.35. The van der Waals surface area contributed by atoms with Crippen molar-refractivity contribution in [2.45, 2.75) is 86.5 Å². The molecule has 0 radical (unpaired) electrons. The van der Waals surface area contributed by atoms with Gasteiger partial charge in [0.15, 0.2) is 11.5 Å². The van der Waals surface area contributed by atoms with Crippen molar-refractivity contribution in [2.75, 3.05) is 5.32 Å². The molecule has 7 rings (SSSR count). The van der Waals surface area contributed by atoms with Gasteiger partial charge in [0, 0.05) is 28.3 Å². The van der Waals surface area contributed by atoms with E-state index in [2.05, 4.69) is 103 Å². The van der Waals surface area contributed by atoms with Crippen LogP contribution in [0.1, 0.15) is 103 Å². The summed E-state index contributed by atoms with van der Waals surface area (Å²) in [6.45, 7) is 22.1. The fraction of sp³-hybridized carbons (Fsp3) is 0.292. The first-order chi connectivity index (χ1) is 24.7. The van der Waals surface area contributed by atoms with Gasteiger partial charge in [-0.05, 0) is 75.3 Å². The van der Waals surface area contributed by atoms with Gasteiger partial charge in [-0.2, -0.15) is 0 Å². The fourth-order valence-electron chi connectivity index (χ4n) is 7.55. The molecular weight excluding hydrogens is 637 g/mol. The minimum Gasteiger partial charge on any atom is -0.455 e. The number of nitrogens with one attached hydrogen (secondary N) is 1. The Hall–Kier alpha value is -5.22. The number of nitrogens with zero attached hydrogens (tertiary/aromatic N) is 1.